The number of ether oxygens (including phenoxy) is 1. The molecule has 26 heavy (non-hydrogen) atoms. The summed E-state index contributed by atoms with van der Waals surface area (Å²) in [5.74, 6) is 1.75. The summed E-state index contributed by atoms with van der Waals surface area (Å²) in [6, 6.07) is 16.1. The number of hydrogen-bond donors (Lipinski definition) is 1. The molecule has 0 spiro atoms. The zero-order chi connectivity index (χ0) is 18.2. The summed E-state index contributed by atoms with van der Waals surface area (Å²) in [6.07, 6.45) is 0. The molecule has 3 rings (SSSR count). The molecule has 0 fully saturated rings. The second-order valence-electron chi connectivity index (χ2n) is 5.43. The van der Waals surface area contributed by atoms with Gasteiger partial charge in [-0.25, -0.2) is 0 Å². The molecule has 6 nitrogen and oxygen atoms in total. The predicted molar refractivity (Wildman–Crippen MR) is 107 cm³/mol. The molecule has 0 radical (unpaired) electrons. The Labute approximate surface area is 165 Å². The standard InChI is InChI=1S/C18H20BrN5OS/c1-2-25-17-9-8-14(12-16(17)19)13-20-10-11-26-18-21-22-23-24(18)15-6-4-3-5-7-15/h3-9,12,20H,2,10-11,13H2,1H3. The van der Waals surface area contributed by atoms with E-state index in [1.54, 1.807) is 16.4 Å². The van der Waals surface area contributed by atoms with Crippen LogP contribution in [0.5, 0.6) is 5.75 Å². The monoisotopic (exact) mass is 433 g/mol. The van der Waals surface area contributed by atoms with Crippen LogP contribution in [-0.2, 0) is 6.54 Å². The van der Waals surface area contributed by atoms with Crippen LogP contribution >= 0.6 is 27.7 Å². The third kappa shape index (κ3) is 5.06. The van der Waals surface area contributed by atoms with Crippen molar-refractivity contribution in [1.82, 2.24) is 25.5 Å². The lowest BCUT2D eigenvalue weighted by molar-refractivity contribution is 0.338. The molecule has 2 aromatic carbocycles. The quantitative estimate of drug-likeness (QED) is 0.409. The minimum absolute atomic E-state index is 0.663. The van der Waals surface area contributed by atoms with Gasteiger partial charge >= 0.3 is 0 Å². The Morgan fingerprint density at radius 2 is 2.04 bits per heavy atom. The highest BCUT2D eigenvalue weighted by Gasteiger charge is 2.08. The van der Waals surface area contributed by atoms with Gasteiger partial charge in [-0.05, 0) is 63.1 Å². The fourth-order valence-corrected chi connectivity index (χ4v) is 3.70. The molecule has 0 saturated carbocycles. The summed E-state index contributed by atoms with van der Waals surface area (Å²) in [7, 11) is 0. The van der Waals surface area contributed by atoms with E-state index in [9.17, 15) is 0 Å². The van der Waals surface area contributed by atoms with Gasteiger partial charge in [-0.2, -0.15) is 4.68 Å². The summed E-state index contributed by atoms with van der Waals surface area (Å²) in [6.45, 7) is 4.30. The molecule has 1 aromatic heterocycles. The fraction of sp³-hybridized carbons (Fsp3) is 0.278. The third-order valence-corrected chi connectivity index (χ3v) is 5.12. The summed E-state index contributed by atoms with van der Waals surface area (Å²) in [4.78, 5) is 0. The maximum absolute atomic E-state index is 5.53. The van der Waals surface area contributed by atoms with Crippen LogP contribution in [0.3, 0.4) is 0 Å². The smallest absolute Gasteiger partial charge is 0.214 e. The van der Waals surface area contributed by atoms with Crippen molar-refractivity contribution in [1.29, 1.82) is 0 Å². The molecular formula is C18H20BrN5OS. The molecule has 8 heteroatoms. The van der Waals surface area contributed by atoms with Crippen molar-refractivity contribution in [3.63, 3.8) is 0 Å². The minimum atomic E-state index is 0.663. The van der Waals surface area contributed by atoms with E-state index in [1.807, 2.05) is 43.3 Å². The lowest BCUT2D eigenvalue weighted by Crippen LogP contribution is -2.16. The van der Waals surface area contributed by atoms with E-state index in [0.717, 1.165) is 39.9 Å². The largest absolute Gasteiger partial charge is 0.493 e. The summed E-state index contributed by atoms with van der Waals surface area (Å²) in [5.41, 5.74) is 2.17. The van der Waals surface area contributed by atoms with Gasteiger partial charge < -0.3 is 10.1 Å². The van der Waals surface area contributed by atoms with Crippen molar-refractivity contribution in [2.45, 2.75) is 18.6 Å². The molecule has 0 unspecified atom stereocenters. The number of aromatic nitrogens is 4. The van der Waals surface area contributed by atoms with Crippen molar-refractivity contribution < 1.29 is 4.74 Å². The first-order chi connectivity index (χ1) is 12.8. The predicted octanol–water partition coefficient (Wildman–Crippen LogP) is 3.71. The summed E-state index contributed by atoms with van der Waals surface area (Å²) >= 11 is 5.18. The molecule has 1 N–H and O–H groups in total. The van der Waals surface area contributed by atoms with Crippen LogP contribution in [0.15, 0.2) is 58.2 Å². The first-order valence-corrected chi connectivity index (χ1v) is 10.1. The Bertz CT molecular complexity index is 827. The van der Waals surface area contributed by atoms with Gasteiger partial charge in [0.05, 0.1) is 16.8 Å². The van der Waals surface area contributed by atoms with Gasteiger partial charge in [0.1, 0.15) is 5.75 Å². The number of nitrogens with one attached hydrogen (secondary N) is 1. The average molecular weight is 434 g/mol. The molecule has 0 atom stereocenters. The maximum atomic E-state index is 5.53. The number of nitrogens with zero attached hydrogens (tertiary/aromatic N) is 4. The van der Waals surface area contributed by atoms with E-state index in [2.05, 4.69) is 48.9 Å². The molecule has 0 aliphatic heterocycles. The first kappa shape index (κ1) is 18.9. The normalized spacial score (nSPS) is 10.8. The number of halogens is 1. The topological polar surface area (TPSA) is 64.9 Å². The maximum Gasteiger partial charge on any atom is 0.214 e. The Hall–Kier alpha value is -1.90. The number of tetrazole rings is 1. The van der Waals surface area contributed by atoms with Gasteiger partial charge in [-0.15, -0.1) is 5.10 Å². The Morgan fingerprint density at radius 3 is 2.81 bits per heavy atom. The molecule has 1 heterocycles. The van der Waals surface area contributed by atoms with Crippen LogP contribution in [0, 0.1) is 0 Å². The summed E-state index contributed by atoms with van der Waals surface area (Å²) in [5, 5.41) is 16.2. The molecule has 0 saturated heterocycles. The molecule has 136 valence electrons. The molecule has 0 bridgehead atoms. The second kappa shape index (κ2) is 9.70. The van der Waals surface area contributed by atoms with Crippen LogP contribution < -0.4 is 10.1 Å². The van der Waals surface area contributed by atoms with Gasteiger partial charge in [0.15, 0.2) is 0 Å². The van der Waals surface area contributed by atoms with Gasteiger partial charge in [-0.3, -0.25) is 0 Å². The van der Waals surface area contributed by atoms with Crippen molar-refractivity contribution >= 4 is 27.7 Å². The van der Waals surface area contributed by atoms with Crippen LogP contribution in [-0.4, -0.2) is 39.1 Å². The molecule has 3 aromatic rings. The van der Waals surface area contributed by atoms with E-state index >= 15 is 0 Å². The van der Waals surface area contributed by atoms with Crippen LogP contribution in [0.1, 0.15) is 12.5 Å². The van der Waals surface area contributed by atoms with Gasteiger partial charge in [0.25, 0.3) is 0 Å². The van der Waals surface area contributed by atoms with Gasteiger partial charge in [-0.1, -0.05) is 36.0 Å². The lowest BCUT2D eigenvalue weighted by atomic mass is 10.2. The Morgan fingerprint density at radius 1 is 1.19 bits per heavy atom. The fourth-order valence-electron chi connectivity index (χ4n) is 2.37. The van der Waals surface area contributed by atoms with Crippen LogP contribution in [0.25, 0.3) is 5.69 Å². The van der Waals surface area contributed by atoms with Crippen LogP contribution in [0.2, 0.25) is 0 Å². The molecule has 0 aliphatic carbocycles. The SMILES string of the molecule is CCOc1ccc(CNCCSc2nnnn2-c2ccccc2)cc1Br. The van der Waals surface area contributed by atoms with E-state index in [-0.39, 0.29) is 0 Å². The summed E-state index contributed by atoms with van der Waals surface area (Å²) < 4.78 is 8.27. The van der Waals surface area contributed by atoms with E-state index in [1.165, 1.54) is 5.56 Å². The van der Waals surface area contributed by atoms with Gasteiger partial charge in [0.2, 0.25) is 5.16 Å². The zero-order valence-corrected chi connectivity index (χ0v) is 16.8. The molecular weight excluding hydrogens is 414 g/mol. The average Bonchev–Trinajstić information content (AvgIpc) is 3.13. The number of rotatable bonds is 9. The molecule has 0 amide bonds. The van der Waals surface area contributed by atoms with Crippen molar-refractivity contribution in [3.8, 4) is 11.4 Å². The van der Waals surface area contributed by atoms with Crippen molar-refractivity contribution in [2.75, 3.05) is 18.9 Å². The van der Waals surface area contributed by atoms with Crippen molar-refractivity contribution in [3.05, 3.63) is 58.6 Å². The first-order valence-electron chi connectivity index (χ1n) is 8.36. The van der Waals surface area contributed by atoms with Crippen molar-refractivity contribution in [2.24, 2.45) is 0 Å². The number of thioether (sulfide) groups is 1. The number of hydrogen-bond acceptors (Lipinski definition) is 6. The van der Waals surface area contributed by atoms with E-state index < -0.39 is 0 Å². The second-order valence-corrected chi connectivity index (χ2v) is 7.35. The highest BCUT2D eigenvalue weighted by molar-refractivity contribution is 9.10. The molecule has 0 aliphatic rings. The highest BCUT2D eigenvalue weighted by atomic mass is 79.9. The Kier molecular flexibility index (Phi) is 7.04. The highest BCUT2D eigenvalue weighted by Crippen LogP contribution is 2.26. The third-order valence-electron chi connectivity index (χ3n) is 3.58. The lowest BCUT2D eigenvalue weighted by Gasteiger charge is -2.09. The number of benzene rings is 2. The number of para-hydroxylation sites is 1. The zero-order valence-electron chi connectivity index (χ0n) is 14.4. The van der Waals surface area contributed by atoms with Gasteiger partial charge in [0, 0.05) is 18.8 Å². The van der Waals surface area contributed by atoms with E-state index in [0.29, 0.717) is 6.61 Å². The van der Waals surface area contributed by atoms with Crippen LogP contribution in [0.4, 0.5) is 0 Å². The van der Waals surface area contributed by atoms with E-state index in [4.69, 9.17) is 4.74 Å². The Balaban J connectivity index is 1.46. The minimum Gasteiger partial charge on any atom is -0.493 e.